The normalized spacial score (nSPS) is 10.8. The predicted octanol–water partition coefficient (Wildman–Crippen LogP) is 0.843. The van der Waals surface area contributed by atoms with E-state index in [9.17, 15) is 21.9 Å². The number of amides is 1. The van der Waals surface area contributed by atoms with Crippen LogP contribution >= 0.6 is 23.2 Å². The molecule has 3 rings (SSSR count). The van der Waals surface area contributed by atoms with E-state index in [4.69, 9.17) is 27.9 Å². The van der Waals surface area contributed by atoms with Gasteiger partial charge >= 0.3 is 10.2 Å². The number of nitrogens with one attached hydrogen (secondary N) is 1. The zero-order valence-electron chi connectivity index (χ0n) is 16.7. The quantitative estimate of drug-likeness (QED) is 0.243. The summed E-state index contributed by atoms with van der Waals surface area (Å²) in [5, 5.41) is 3.30. The first-order chi connectivity index (χ1) is 15.1. The summed E-state index contributed by atoms with van der Waals surface area (Å²) in [4.78, 5) is 24.0. The molecule has 1 aromatic heterocycles. The van der Waals surface area contributed by atoms with Gasteiger partial charge in [-0.25, -0.2) is 0 Å². The number of ketones is 1. The largest absolute Gasteiger partial charge is 1.00 e. The van der Waals surface area contributed by atoms with E-state index in [0.717, 1.165) is 12.1 Å². The van der Waals surface area contributed by atoms with Crippen LogP contribution in [-0.2, 0) is 21.6 Å². The summed E-state index contributed by atoms with van der Waals surface area (Å²) in [6, 6.07) is 12.6. The van der Waals surface area contributed by atoms with Gasteiger partial charge in [-0.05, 0) is 30.3 Å². The number of hydrogen-bond donors (Lipinski definition) is 1. The maximum Gasteiger partial charge on any atom is 0.332 e. The standard InChI is InChI=1S/C21H15Cl2FN2O5S.BrH/c22-18-7-6-16(10-19(18)23)31-13-21(28)25-15-4-2-8-26(11-15)12-20(27)14-3-1-5-17(9-14)32(24,29)30;/h1-11H,12-13H2;1H. The molecule has 0 atom stereocenters. The molecule has 1 amide bonds. The highest BCUT2D eigenvalue weighted by Crippen LogP contribution is 2.26. The first kappa shape index (κ1) is 26.7. The molecular weight excluding hydrogens is 562 g/mol. The molecule has 1 heterocycles. The van der Waals surface area contributed by atoms with Crippen molar-refractivity contribution in [1.29, 1.82) is 0 Å². The molecule has 0 unspecified atom stereocenters. The molecule has 0 aliphatic carbocycles. The Hall–Kier alpha value is -2.53. The monoisotopic (exact) mass is 576 g/mol. The third kappa shape index (κ3) is 7.78. The Morgan fingerprint density at radius 1 is 1.03 bits per heavy atom. The van der Waals surface area contributed by atoms with Crippen molar-refractivity contribution in [1.82, 2.24) is 0 Å². The van der Waals surface area contributed by atoms with Crippen molar-refractivity contribution in [2.75, 3.05) is 11.9 Å². The highest BCUT2D eigenvalue weighted by molar-refractivity contribution is 7.86. The lowest BCUT2D eigenvalue weighted by atomic mass is 10.1. The minimum absolute atomic E-state index is 0. The van der Waals surface area contributed by atoms with Crippen LogP contribution in [0, 0.1) is 0 Å². The molecule has 0 spiro atoms. The fourth-order valence-electron chi connectivity index (χ4n) is 2.69. The fourth-order valence-corrected chi connectivity index (χ4v) is 3.48. The van der Waals surface area contributed by atoms with Crippen LogP contribution in [0.4, 0.5) is 9.57 Å². The molecule has 1 N–H and O–H groups in total. The number of ether oxygens (including phenoxy) is 1. The molecular formula is C21H16BrCl2FN2O5S. The molecule has 7 nitrogen and oxygen atoms in total. The highest BCUT2D eigenvalue weighted by Gasteiger charge is 2.18. The third-order valence-electron chi connectivity index (χ3n) is 4.17. The van der Waals surface area contributed by atoms with Crippen molar-refractivity contribution in [2.24, 2.45) is 0 Å². The molecule has 0 aliphatic rings. The Morgan fingerprint density at radius 3 is 2.48 bits per heavy atom. The van der Waals surface area contributed by atoms with Gasteiger partial charge in [-0.2, -0.15) is 13.0 Å². The first-order valence-corrected chi connectivity index (χ1v) is 11.2. The zero-order chi connectivity index (χ0) is 23.3. The smallest absolute Gasteiger partial charge is 0.332 e. The van der Waals surface area contributed by atoms with E-state index in [1.165, 1.54) is 29.0 Å². The summed E-state index contributed by atoms with van der Waals surface area (Å²) in [6.45, 7) is -0.435. The number of pyridine rings is 1. The van der Waals surface area contributed by atoms with Crippen molar-refractivity contribution in [3.63, 3.8) is 0 Å². The first-order valence-electron chi connectivity index (χ1n) is 9.06. The number of aromatic nitrogens is 1. The number of carbonyl (C=O) groups is 2. The average Bonchev–Trinajstić information content (AvgIpc) is 2.74. The van der Waals surface area contributed by atoms with Crippen molar-refractivity contribution in [2.45, 2.75) is 11.4 Å². The predicted molar refractivity (Wildman–Crippen MR) is 116 cm³/mol. The molecule has 174 valence electrons. The Balaban J connectivity index is 0.00000385. The molecule has 33 heavy (non-hydrogen) atoms. The number of carbonyl (C=O) groups excluding carboxylic acids is 2. The van der Waals surface area contributed by atoms with Crippen molar-refractivity contribution < 1.29 is 48.2 Å². The van der Waals surface area contributed by atoms with Gasteiger partial charge in [-0.3, -0.25) is 9.59 Å². The molecule has 0 saturated carbocycles. The van der Waals surface area contributed by atoms with Gasteiger partial charge in [0, 0.05) is 17.7 Å². The molecule has 0 saturated heterocycles. The van der Waals surface area contributed by atoms with E-state index in [2.05, 4.69) is 5.32 Å². The van der Waals surface area contributed by atoms with Gasteiger partial charge in [0.1, 0.15) is 11.4 Å². The minimum atomic E-state index is -4.91. The lowest BCUT2D eigenvalue weighted by molar-refractivity contribution is -0.682. The Bertz CT molecular complexity index is 1290. The van der Waals surface area contributed by atoms with Gasteiger partial charge in [0.15, 0.2) is 19.0 Å². The molecule has 0 aliphatic heterocycles. The van der Waals surface area contributed by atoms with Gasteiger partial charge in [-0.15, -0.1) is 3.89 Å². The summed E-state index contributed by atoms with van der Waals surface area (Å²) < 4.78 is 42.1. The second kappa shape index (κ2) is 11.6. The Morgan fingerprint density at radius 2 is 1.79 bits per heavy atom. The summed E-state index contributed by atoms with van der Waals surface area (Å²) in [5.41, 5.74) is 0.448. The third-order valence-corrected chi connectivity index (χ3v) is 5.72. The van der Waals surface area contributed by atoms with Crippen LogP contribution in [0.1, 0.15) is 10.4 Å². The zero-order valence-corrected chi connectivity index (χ0v) is 20.6. The van der Waals surface area contributed by atoms with Crippen LogP contribution < -0.4 is 31.6 Å². The van der Waals surface area contributed by atoms with Crippen LogP contribution in [0.15, 0.2) is 71.9 Å². The van der Waals surface area contributed by atoms with Crippen molar-refractivity contribution >= 4 is 50.8 Å². The minimum Gasteiger partial charge on any atom is -1.00 e. The van der Waals surface area contributed by atoms with Crippen molar-refractivity contribution in [3.05, 3.63) is 82.6 Å². The topological polar surface area (TPSA) is 93.4 Å². The average molecular weight is 578 g/mol. The number of rotatable bonds is 8. The number of hydrogen-bond acceptors (Lipinski definition) is 5. The van der Waals surface area contributed by atoms with Gasteiger partial charge in [0.05, 0.1) is 14.9 Å². The van der Waals surface area contributed by atoms with E-state index in [1.807, 2.05) is 0 Å². The van der Waals surface area contributed by atoms with E-state index in [-0.39, 0.29) is 35.7 Å². The molecule has 0 radical (unpaired) electrons. The summed E-state index contributed by atoms with van der Waals surface area (Å²) in [6.07, 6.45) is 3.11. The lowest BCUT2D eigenvalue weighted by Gasteiger charge is -2.08. The maximum absolute atomic E-state index is 13.2. The van der Waals surface area contributed by atoms with Gasteiger partial charge in [0.2, 0.25) is 12.3 Å². The van der Waals surface area contributed by atoms with Gasteiger partial charge in [0.25, 0.3) is 5.91 Å². The van der Waals surface area contributed by atoms with Crippen molar-refractivity contribution in [3.8, 4) is 5.75 Å². The molecule has 2 aromatic carbocycles. The maximum atomic E-state index is 13.2. The van der Waals surface area contributed by atoms with Crippen LogP contribution in [0.3, 0.4) is 0 Å². The fraction of sp³-hybridized carbons (Fsp3) is 0.0952. The van der Waals surface area contributed by atoms with Crippen LogP contribution in [0.25, 0.3) is 0 Å². The van der Waals surface area contributed by atoms with E-state index < -0.39 is 26.8 Å². The second-order valence-electron chi connectivity index (χ2n) is 6.57. The van der Waals surface area contributed by atoms with E-state index in [1.54, 1.807) is 30.5 Å². The lowest BCUT2D eigenvalue weighted by Crippen LogP contribution is -3.00. The summed E-state index contributed by atoms with van der Waals surface area (Å²) >= 11 is 11.7. The number of benzene rings is 2. The summed E-state index contributed by atoms with van der Waals surface area (Å²) in [7, 11) is -4.91. The highest BCUT2D eigenvalue weighted by atomic mass is 79.9. The SMILES string of the molecule is O=C(COc1ccc(Cl)c(Cl)c1)Nc1ccc[n+](CC(=O)c2cccc(S(=O)(=O)F)c2)c1.[Br-]. The summed E-state index contributed by atoms with van der Waals surface area (Å²) in [5.74, 6) is -0.506. The number of nitrogens with zero attached hydrogens (tertiary/aromatic N) is 1. The molecule has 0 bridgehead atoms. The van der Waals surface area contributed by atoms with Gasteiger partial charge in [-0.1, -0.05) is 35.3 Å². The Labute approximate surface area is 210 Å². The second-order valence-corrected chi connectivity index (χ2v) is 8.73. The molecule has 12 heteroatoms. The molecule has 0 fully saturated rings. The van der Waals surface area contributed by atoms with E-state index >= 15 is 0 Å². The van der Waals surface area contributed by atoms with Gasteiger partial charge < -0.3 is 27.0 Å². The van der Waals surface area contributed by atoms with Crippen LogP contribution in [0.5, 0.6) is 5.75 Å². The number of halogens is 4. The molecule has 3 aromatic rings. The van der Waals surface area contributed by atoms with Crippen LogP contribution in [0.2, 0.25) is 10.0 Å². The van der Waals surface area contributed by atoms with E-state index in [0.29, 0.717) is 21.5 Å². The number of Topliss-reactive ketones (excluding diaryl/α,β-unsaturated/α-hetero) is 1. The van der Waals surface area contributed by atoms with Crippen LogP contribution in [-0.4, -0.2) is 26.7 Å². The Kier molecular flexibility index (Phi) is 9.35. The number of anilines is 1.